The lowest BCUT2D eigenvalue weighted by molar-refractivity contribution is -0.120. The zero-order valence-corrected chi connectivity index (χ0v) is 17.9. The molecule has 7 heteroatoms. The molecule has 0 fully saturated rings. The molecule has 1 amide bonds. The fourth-order valence-corrected chi connectivity index (χ4v) is 3.59. The zero-order valence-electron chi connectivity index (χ0n) is 17.1. The van der Waals surface area contributed by atoms with E-state index >= 15 is 0 Å². The molecule has 0 unspecified atom stereocenters. The highest BCUT2D eigenvalue weighted by atomic mass is 32.2. The van der Waals surface area contributed by atoms with Gasteiger partial charge in [0, 0.05) is 4.90 Å². The number of nitrogens with one attached hydrogen (secondary N) is 1. The van der Waals surface area contributed by atoms with E-state index in [4.69, 9.17) is 18.9 Å². The van der Waals surface area contributed by atoms with Crippen LogP contribution in [0.5, 0.6) is 23.0 Å². The van der Waals surface area contributed by atoms with Crippen molar-refractivity contribution in [2.75, 3.05) is 28.4 Å². The van der Waals surface area contributed by atoms with Gasteiger partial charge in [0.25, 0.3) is 0 Å². The summed E-state index contributed by atoms with van der Waals surface area (Å²) < 4.78 is 21.2. The lowest BCUT2D eigenvalue weighted by Crippen LogP contribution is -2.33. The molecule has 152 valence electrons. The van der Waals surface area contributed by atoms with Crippen molar-refractivity contribution in [3.63, 3.8) is 0 Å². The van der Waals surface area contributed by atoms with E-state index in [0.717, 1.165) is 10.5 Å². The summed E-state index contributed by atoms with van der Waals surface area (Å²) in [6, 6.07) is 11.1. The Balaban J connectivity index is 2.03. The van der Waals surface area contributed by atoms with Crippen LogP contribution in [0.1, 0.15) is 25.5 Å². The molecule has 2 aromatic rings. The van der Waals surface area contributed by atoms with Crippen molar-refractivity contribution in [2.45, 2.75) is 30.0 Å². The molecule has 0 aromatic heterocycles. The molecule has 0 saturated heterocycles. The van der Waals surface area contributed by atoms with E-state index in [2.05, 4.69) is 5.32 Å². The topological polar surface area (TPSA) is 66.0 Å². The standard InChI is InChI=1S/C21H27NO5S/c1-13(15-7-9-17(24-3)19(11-15)26-5)22-21(23)14(2)28-16-8-10-18(25-4)20(12-16)27-6/h7-14H,1-6H3,(H,22,23)/t13-,14-/m1/s1. The minimum atomic E-state index is -0.277. The number of ether oxygens (including phenoxy) is 4. The third kappa shape index (κ3) is 5.25. The fourth-order valence-electron chi connectivity index (χ4n) is 2.68. The number of amides is 1. The molecule has 0 aliphatic carbocycles. The number of hydrogen-bond donors (Lipinski definition) is 1. The van der Waals surface area contributed by atoms with E-state index in [1.165, 1.54) is 11.8 Å². The van der Waals surface area contributed by atoms with Crippen molar-refractivity contribution in [3.8, 4) is 23.0 Å². The van der Waals surface area contributed by atoms with Crippen LogP contribution in [0.15, 0.2) is 41.3 Å². The van der Waals surface area contributed by atoms with Gasteiger partial charge < -0.3 is 24.3 Å². The van der Waals surface area contributed by atoms with Crippen LogP contribution in [-0.4, -0.2) is 39.6 Å². The predicted octanol–water partition coefficient (Wildman–Crippen LogP) is 4.08. The van der Waals surface area contributed by atoms with E-state index < -0.39 is 0 Å². The number of hydrogen-bond acceptors (Lipinski definition) is 6. The van der Waals surface area contributed by atoms with Crippen LogP contribution in [0, 0.1) is 0 Å². The molecule has 2 aromatic carbocycles. The van der Waals surface area contributed by atoms with Crippen LogP contribution < -0.4 is 24.3 Å². The van der Waals surface area contributed by atoms with Gasteiger partial charge in [-0.2, -0.15) is 0 Å². The molecule has 1 N–H and O–H groups in total. The summed E-state index contributed by atoms with van der Waals surface area (Å²) in [5, 5.41) is 2.77. The van der Waals surface area contributed by atoms with Crippen LogP contribution in [0.4, 0.5) is 0 Å². The molecular formula is C21H27NO5S. The average Bonchev–Trinajstić information content (AvgIpc) is 2.72. The predicted molar refractivity (Wildman–Crippen MR) is 111 cm³/mol. The fraction of sp³-hybridized carbons (Fsp3) is 0.381. The maximum atomic E-state index is 12.6. The Morgan fingerprint density at radius 2 is 1.36 bits per heavy atom. The third-order valence-electron chi connectivity index (χ3n) is 4.30. The molecule has 6 nitrogen and oxygen atoms in total. The molecule has 0 saturated carbocycles. The average molecular weight is 406 g/mol. The lowest BCUT2D eigenvalue weighted by atomic mass is 10.1. The quantitative estimate of drug-likeness (QED) is 0.634. The summed E-state index contributed by atoms with van der Waals surface area (Å²) in [7, 11) is 6.37. The summed E-state index contributed by atoms with van der Waals surface area (Å²) in [4.78, 5) is 13.6. The van der Waals surface area contributed by atoms with Gasteiger partial charge in [-0.05, 0) is 49.7 Å². The van der Waals surface area contributed by atoms with Gasteiger partial charge in [0.1, 0.15) is 0 Å². The molecule has 28 heavy (non-hydrogen) atoms. The molecule has 0 radical (unpaired) electrons. The molecule has 0 aliphatic heterocycles. The van der Waals surface area contributed by atoms with Crippen LogP contribution in [0.25, 0.3) is 0 Å². The summed E-state index contributed by atoms with van der Waals surface area (Å²) in [6.45, 7) is 3.81. The number of carbonyl (C=O) groups is 1. The van der Waals surface area contributed by atoms with Gasteiger partial charge in [0.05, 0.1) is 39.7 Å². The van der Waals surface area contributed by atoms with Crippen molar-refractivity contribution in [1.29, 1.82) is 0 Å². The second kappa shape index (κ2) is 10.1. The van der Waals surface area contributed by atoms with E-state index in [-0.39, 0.29) is 17.2 Å². The van der Waals surface area contributed by atoms with Gasteiger partial charge in [-0.15, -0.1) is 11.8 Å². The summed E-state index contributed by atoms with van der Waals surface area (Å²) in [6.07, 6.45) is 0. The van der Waals surface area contributed by atoms with E-state index in [1.807, 2.05) is 50.2 Å². The second-order valence-electron chi connectivity index (χ2n) is 6.12. The number of carbonyl (C=O) groups excluding carboxylic acids is 1. The Hall–Kier alpha value is -2.54. The molecule has 0 heterocycles. The first-order valence-electron chi connectivity index (χ1n) is 8.84. The number of benzene rings is 2. The number of thioether (sulfide) groups is 1. The third-order valence-corrected chi connectivity index (χ3v) is 5.40. The van der Waals surface area contributed by atoms with Crippen molar-refractivity contribution >= 4 is 17.7 Å². The second-order valence-corrected chi connectivity index (χ2v) is 7.54. The Morgan fingerprint density at radius 1 is 0.821 bits per heavy atom. The minimum absolute atomic E-state index is 0.0536. The maximum absolute atomic E-state index is 12.6. The Bertz CT molecular complexity index is 811. The van der Waals surface area contributed by atoms with E-state index in [0.29, 0.717) is 23.0 Å². The molecule has 2 rings (SSSR count). The first-order valence-corrected chi connectivity index (χ1v) is 9.72. The highest BCUT2D eigenvalue weighted by molar-refractivity contribution is 8.00. The highest BCUT2D eigenvalue weighted by Crippen LogP contribution is 2.34. The first-order chi connectivity index (χ1) is 13.4. The molecule has 0 spiro atoms. The van der Waals surface area contributed by atoms with Gasteiger partial charge in [0.15, 0.2) is 23.0 Å². The Kier molecular flexibility index (Phi) is 7.87. The summed E-state index contributed by atoms with van der Waals surface area (Å²) >= 11 is 1.46. The van der Waals surface area contributed by atoms with Gasteiger partial charge in [-0.3, -0.25) is 4.79 Å². The normalized spacial score (nSPS) is 12.6. The number of rotatable bonds is 9. The van der Waals surface area contributed by atoms with Crippen molar-refractivity contribution in [1.82, 2.24) is 5.32 Å². The largest absolute Gasteiger partial charge is 0.493 e. The van der Waals surface area contributed by atoms with Crippen LogP contribution >= 0.6 is 11.8 Å². The highest BCUT2D eigenvalue weighted by Gasteiger charge is 2.19. The van der Waals surface area contributed by atoms with Crippen LogP contribution in [-0.2, 0) is 4.79 Å². The van der Waals surface area contributed by atoms with Crippen molar-refractivity contribution < 1.29 is 23.7 Å². The lowest BCUT2D eigenvalue weighted by Gasteiger charge is -2.19. The first kappa shape index (κ1) is 21.8. The molecule has 0 bridgehead atoms. The van der Waals surface area contributed by atoms with Crippen molar-refractivity contribution in [2.24, 2.45) is 0 Å². The molecule has 2 atom stereocenters. The van der Waals surface area contributed by atoms with Crippen molar-refractivity contribution in [3.05, 3.63) is 42.0 Å². The van der Waals surface area contributed by atoms with Crippen LogP contribution in [0.3, 0.4) is 0 Å². The van der Waals surface area contributed by atoms with E-state index in [9.17, 15) is 4.79 Å². The SMILES string of the molecule is COc1ccc(S[C@H](C)C(=O)N[C@H](C)c2ccc(OC)c(OC)c2)cc1OC. The summed E-state index contributed by atoms with van der Waals surface area (Å²) in [5.41, 5.74) is 0.939. The van der Waals surface area contributed by atoms with Gasteiger partial charge in [-0.1, -0.05) is 6.07 Å². The van der Waals surface area contributed by atoms with Gasteiger partial charge in [-0.25, -0.2) is 0 Å². The molecular weight excluding hydrogens is 378 g/mol. The summed E-state index contributed by atoms with van der Waals surface area (Å²) in [5.74, 6) is 2.53. The maximum Gasteiger partial charge on any atom is 0.233 e. The van der Waals surface area contributed by atoms with Crippen LogP contribution in [0.2, 0.25) is 0 Å². The van der Waals surface area contributed by atoms with Gasteiger partial charge in [0.2, 0.25) is 5.91 Å². The Labute approximate surface area is 170 Å². The van der Waals surface area contributed by atoms with E-state index in [1.54, 1.807) is 28.4 Å². The van der Waals surface area contributed by atoms with Gasteiger partial charge >= 0.3 is 0 Å². The Morgan fingerprint density at radius 3 is 1.93 bits per heavy atom. The number of methoxy groups -OCH3 is 4. The smallest absolute Gasteiger partial charge is 0.233 e. The monoisotopic (exact) mass is 405 g/mol. The molecule has 0 aliphatic rings. The zero-order chi connectivity index (χ0) is 20.7. The minimum Gasteiger partial charge on any atom is -0.493 e.